The van der Waals surface area contributed by atoms with Gasteiger partial charge in [-0.05, 0) is 57.6 Å². The van der Waals surface area contributed by atoms with Gasteiger partial charge in [-0.3, -0.25) is 14.4 Å². The fourth-order valence-corrected chi connectivity index (χ4v) is 8.94. The van der Waals surface area contributed by atoms with Gasteiger partial charge in [-0.2, -0.15) is 0 Å². The molecule has 10 nitrogen and oxygen atoms in total. The molecule has 11 heteroatoms. The van der Waals surface area contributed by atoms with E-state index in [9.17, 15) is 19.5 Å². The van der Waals surface area contributed by atoms with Crippen LogP contribution in [0.15, 0.2) is 24.3 Å². The molecule has 2 bridgehead atoms. The highest BCUT2D eigenvalue weighted by Gasteiger charge is 2.76. The average molecular weight is 529 g/mol. The van der Waals surface area contributed by atoms with Crippen molar-refractivity contribution >= 4 is 40.5 Å². The summed E-state index contributed by atoms with van der Waals surface area (Å²) in [7, 11) is 0. The number of aromatic nitrogens is 3. The van der Waals surface area contributed by atoms with Crippen molar-refractivity contribution in [2.75, 3.05) is 19.7 Å². The third kappa shape index (κ3) is 4.29. The number of fused-ring (bicyclic) bond motifs is 2. The number of carbonyl (C=O) groups is 3. The first-order valence-electron chi connectivity index (χ1n) is 13.3. The molecule has 5 atom stereocenters. The van der Waals surface area contributed by atoms with Crippen LogP contribution in [0.4, 0.5) is 0 Å². The maximum atomic E-state index is 14.0. The van der Waals surface area contributed by atoms with Crippen molar-refractivity contribution in [2.24, 2.45) is 11.8 Å². The average Bonchev–Trinajstić information content (AvgIpc) is 3.59. The van der Waals surface area contributed by atoms with Gasteiger partial charge in [0.1, 0.15) is 18.2 Å². The van der Waals surface area contributed by atoms with Crippen molar-refractivity contribution < 1.29 is 19.5 Å². The Morgan fingerprint density at radius 2 is 1.97 bits per heavy atom. The zero-order chi connectivity index (χ0) is 26.2. The third-order valence-electron chi connectivity index (χ3n) is 8.24. The maximum Gasteiger partial charge on any atom is 0.245 e. The quantitative estimate of drug-likeness (QED) is 0.379. The summed E-state index contributed by atoms with van der Waals surface area (Å²) in [5.41, 5.74) is 1.56. The number of amides is 3. The molecular formula is C26H36N6O4S. The number of rotatable bonds is 11. The SMILES string of the molecule is CCCNC(=O)[C@H]1[C@H]2C(=O)N(CCCCCO)C(C(=O)NCn3nnc4ccccc43)C23CC[C@]1(C)S3. The first-order valence-corrected chi connectivity index (χ1v) is 14.1. The minimum Gasteiger partial charge on any atom is -0.396 e. The van der Waals surface area contributed by atoms with Gasteiger partial charge in [0.2, 0.25) is 17.7 Å². The molecule has 3 amide bonds. The van der Waals surface area contributed by atoms with Crippen molar-refractivity contribution in [3.63, 3.8) is 0 Å². The van der Waals surface area contributed by atoms with Gasteiger partial charge >= 0.3 is 0 Å². The molecule has 3 aliphatic heterocycles. The summed E-state index contributed by atoms with van der Waals surface area (Å²) in [6, 6.07) is 6.89. The number of benzene rings is 1. The Morgan fingerprint density at radius 1 is 1.16 bits per heavy atom. The van der Waals surface area contributed by atoms with Gasteiger partial charge < -0.3 is 20.6 Å². The standard InChI is InChI=1S/C26H36N6O4S/c1-3-13-27-22(34)19-20-24(36)31(14-7-4-8-15-33)21(26(20)12-11-25(19,2)37-26)23(35)28-16-32-18-10-6-5-9-17(18)29-30-32/h5-6,9-10,19-21,33H,3-4,7-8,11-16H2,1-2H3,(H,27,34)(H,28,35)/t19-,20+,21?,25+,26?/m1/s1. The van der Waals surface area contributed by atoms with E-state index in [1.807, 2.05) is 31.2 Å². The van der Waals surface area contributed by atoms with Gasteiger partial charge in [-0.25, -0.2) is 4.68 Å². The Hall–Kier alpha value is -2.66. The summed E-state index contributed by atoms with van der Waals surface area (Å²) in [6.07, 6.45) is 4.46. The fraction of sp³-hybridized carbons (Fsp3) is 0.654. The second kappa shape index (κ2) is 10.2. The Bertz CT molecular complexity index is 1190. The Morgan fingerprint density at radius 3 is 2.76 bits per heavy atom. The number of aliphatic hydroxyl groups excluding tert-OH is 1. The van der Waals surface area contributed by atoms with Crippen LogP contribution in [0.25, 0.3) is 11.0 Å². The van der Waals surface area contributed by atoms with Crippen molar-refractivity contribution in [2.45, 2.75) is 74.6 Å². The number of hydrogen-bond donors (Lipinski definition) is 3. The smallest absolute Gasteiger partial charge is 0.245 e. The fourth-order valence-electron chi connectivity index (χ4n) is 6.58. The minimum atomic E-state index is -0.662. The number of aliphatic hydroxyl groups is 1. The molecule has 3 saturated heterocycles. The van der Waals surface area contributed by atoms with Gasteiger partial charge in [-0.1, -0.05) is 24.3 Å². The van der Waals surface area contributed by atoms with E-state index in [4.69, 9.17) is 0 Å². The predicted molar refractivity (Wildman–Crippen MR) is 140 cm³/mol. The van der Waals surface area contributed by atoms with E-state index in [-0.39, 0.29) is 35.7 Å². The second-order valence-electron chi connectivity index (χ2n) is 10.6. The Balaban J connectivity index is 1.42. The molecule has 0 saturated carbocycles. The van der Waals surface area contributed by atoms with E-state index in [2.05, 4.69) is 27.9 Å². The molecule has 4 heterocycles. The zero-order valence-corrected chi connectivity index (χ0v) is 22.3. The summed E-state index contributed by atoms with van der Waals surface area (Å²) in [6.45, 7) is 5.34. The third-order valence-corrected chi connectivity index (χ3v) is 10.2. The summed E-state index contributed by atoms with van der Waals surface area (Å²) in [5.74, 6) is -1.37. The number of likely N-dealkylation sites (tertiary alicyclic amines) is 1. The highest BCUT2D eigenvalue weighted by Crippen LogP contribution is 2.71. The largest absolute Gasteiger partial charge is 0.396 e. The highest BCUT2D eigenvalue weighted by molar-refractivity contribution is 8.02. The first kappa shape index (κ1) is 26.0. The minimum absolute atomic E-state index is 0.0767. The lowest BCUT2D eigenvalue weighted by Gasteiger charge is -2.34. The number of nitrogens with zero attached hydrogens (tertiary/aromatic N) is 4. The van der Waals surface area contributed by atoms with Crippen LogP contribution in [0.2, 0.25) is 0 Å². The summed E-state index contributed by atoms with van der Waals surface area (Å²) in [5, 5.41) is 23.6. The van der Waals surface area contributed by atoms with E-state index >= 15 is 0 Å². The summed E-state index contributed by atoms with van der Waals surface area (Å²) < 4.78 is 0.639. The van der Waals surface area contributed by atoms with Gasteiger partial charge in [0.25, 0.3) is 0 Å². The first-order chi connectivity index (χ1) is 17.9. The van der Waals surface area contributed by atoms with Crippen LogP contribution in [-0.2, 0) is 21.1 Å². The van der Waals surface area contributed by atoms with Crippen LogP contribution in [0, 0.1) is 11.8 Å². The monoisotopic (exact) mass is 528 g/mol. The lowest BCUT2D eigenvalue weighted by Crippen LogP contribution is -2.54. The van der Waals surface area contributed by atoms with E-state index in [1.54, 1.807) is 21.3 Å². The second-order valence-corrected chi connectivity index (χ2v) is 12.5. The lowest BCUT2D eigenvalue weighted by molar-refractivity contribution is -0.140. The number of carbonyl (C=O) groups excluding carboxylic acids is 3. The van der Waals surface area contributed by atoms with Crippen molar-refractivity contribution in [1.82, 2.24) is 30.5 Å². The molecule has 2 aromatic rings. The van der Waals surface area contributed by atoms with Crippen LogP contribution >= 0.6 is 11.8 Å². The molecule has 3 aliphatic rings. The topological polar surface area (TPSA) is 129 Å². The molecule has 3 fully saturated rings. The summed E-state index contributed by atoms with van der Waals surface area (Å²) >= 11 is 1.68. The molecule has 3 N–H and O–H groups in total. The molecule has 5 rings (SSSR count). The van der Waals surface area contributed by atoms with Gasteiger partial charge in [0, 0.05) is 24.4 Å². The molecule has 37 heavy (non-hydrogen) atoms. The molecule has 0 aliphatic carbocycles. The van der Waals surface area contributed by atoms with Crippen LogP contribution in [-0.4, -0.2) is 78.0 Å². The Labute approximate surface area is 220 Å². The molecule has 0 radical (unpaired) electrons. The van der Waals surface area contributed by atoms with Crippen molar-refractivity contribution in [3.05, 3.63) is 24.3 Å². The number of thioether (sulfide) groups is 1. The molecule has 1 spiro atoms. The molecule has 200 valence electrons. The predicted octanol–water partition coefficient (Wildman–Crippen LogP) is 1.68. The van der Waals surface area contributed by atoms with Gasteiger partial charge in [-0.15, -0.1) is 16.9 Å². The number of unbranched alkanes of at least 4 members (excludes halogenated alkanes) is 2. The van der Waals surface area contributed by atoms with Crippen LogP contribution in [0.5, 0.6) is 0 Å². The van der Waals surface area contributed by atoms with Crippen molar-refractivity contribution in [3.8, 4) is 0 Å². The van der Waals surface area contributed by atoms with Crippen LogP contribution in [0.3, 0.4) is 0 Å². The van der Waals surface area contributed by atoms with E-state index in [0.717, 1.165) is 36.7 Å². The van der Waals surface area contributed by atoms with E-state index < -0.39 is 22.6 Å². The number of nitrogens with one attached hydrogen (secondary N) is 2. The number of para-hydroxylation sites is 1. The molecule has 2 unspecified atom stereocenters. The number of hydrogen-bond acceptors (Lipinski definition) is 7. The van der Waals surface area contributed by atoms with Gasteiger partial charge in [0.05, 0.1) is 22.1 Å². The van der Waals surface area contributed by atoms with Crippen molar-refractivity contribution in [1.29, 1.82) is 0 Å². The van der Waals surface area contributed by atoms with E-state index in [0.29, 0.717) is 25.9 Å². The van der Waals surface area contributed by atoms with Crippen LogP contribution in [0.1, 0.15) is 52.4 Å². The van der Waals surface area contributed by atoms with Crippen LogP contribution < -0.4 is 10.6 Å². The molecule has 1 aromatic heterocycles. The van der Waals surface area contributed by atoms with E-state index in [1.165, 1.54) is 0 Å². The molecule has 1 aromatic carbocycles. The summed E-state index contributed by atoms with van der Waals surface area (Å²) in [4.78, 5) is 42.9. The lowest BCUT2D eigenvalue weighted by atomic mass is 9.66. The highest BCUT2D eigenvalue weighted by atomic mass is 32.2. The Kier molecular flexibility index (Phi) is 7.19. The normalized spacial score (nSPS) is 30.2. The maximum absolute atomic E-state index is 14.0. The van der Waals surface area contributed by atoms with Gasteiger partial charge in [0.15, 0.2) is 0 Å². The molecular weight excluding hydrogens is 492 g/mol. The zero-order valence-electron chi connectivity index (χ0n) is 21.5.